The molecule has 2 aromatic rings. The van der Waals surface area contributed by atoms with Crippen LogP contribution in [-0.4, -0.2) is 29.8 Å². The minimum atomic E-state index is -0.200. The number of hydrogen-bond acceptors (Lipinski definition) is 2. The number of fused-ring (bicyclic) bond motifs is 1. The highest BCUT2D eigenvalue weighted by Gasteiger charge is 2.21. The summed E-state index contributed by atoms with van der Waals surface area (Å²) in [5.41, 5.74) is 0.783. The number of Topliss-reactive ketones (excluding diaryl/α,β-unsaturated/α-hetero) is 1. The summed E-state index contributed by atoms with van der Waals surface area (Å²) < 4.78 is 0. The number of hydrogen-bond donors (Lipinski definition) is 1. The van der Waals surface area contributed by atoms with E-state index in [-0.39, 0.29) is 18.4 Å². The zero-order chi connectivity index (χ0) is 13.9. The fourth-order valence-electron chi connectivity index (χ4n) is 2.54. The molecule has 1 saturated heterocycles. The Morgan fingerprint density at radius 3 is 2.75 bits per heavy atom. The largest absolute Gasteiger partial charge is 0.322 e. The van der Waals surface area contributed by atoms with E-state index >= 15 is 0 Å². The number of likely N-dealkylation sites (tertiary alicyclic amines) is 1. The van der Waals surface area contributed by atoms with Gasteiger partial charge in [-0.05, 0) is 17.9 Å². The van der Waals surface area contributed by atoms with Gasteiger partial charge in [0.05, 0.1) is 12.2 Å². The number of rotatable bonds is 1. The van der Waals surface area contributed by atoms with Gasteiger partial charge < -0.3 is 10.2 Å². The van der Waals surface area contributed by atoms with E-state index in [4.69, 9.17) is 0 Å². The Morgan fingerprint density at radius 2 is 1.90 bits per heavy atom. The maximum absolute atomic E-state index is 12.2. The number of ketones is 1. The Balaban J connectivity index is 1.82. The van der Waals surface area contributed by atoms with Gasteiger partial charge in [-0.3, -0.25) is 4.79 Å². The van der Waals surface area contributed by atoms with Gasteiger partial charge in [-0.25, -0.2) is 4.79 Å². The van der Waals surface area contributed by atoms with Crippen LogP contribution in [-0.2, 0) is 4.79 Å². The van der Waals surface area contributed by atoms with Crippen molar-refractivity contribution in [1.82, 2.24) is 4.90 Å². The molecule has 0 saturated carbocycles. The minimum Gasteiger partial charge on any atom is -0.317 e. The molecule has 4 nitrogen and oxygen atoms in total. The van der Waals surface area contributed by atoms with Crippen molar-refractivity contribution in [3.05, 3.63) is 42.5 Å². The number of amides is 2. The number of benzene rings is 2. The highest BCUT2D eigenvalue weighted by molar-refractivity contribution is 6.02. The number of carbonyl (C=O) groups is 2. The Hall–Kier alpha value is -2.36. The number of carbonyl (C=O) groups excluding carboxylic acids is 2. The first-order valence-corrected chi connectivity index (χ1v) is 6.79. The molecule has 2 aromatic carbocycles. The molecule has 3 rings (SSSR count). The SMILES string of the molecule is O=C1CCCN(C(=O)Nc2cccc3ccccc23)C1. The molecule has 1 heterocycles. The monoisotopic (exact) mass is 268 g/mol. The van der Waals surface area contributed by atoms with Crippen LogP contribution < -0.4 is 5.32 Å². The van der Waals surface area contributed by atoms with E-state index in [0.29, 0.717) is 13.0 Å². The molecule has 0 aromatic heterocycles. The first-order valence-electron chi connectivity index (χ1n) is 6.79. The quantitative estimate of drug-likeness (QED) is 0.864. The van der Waals surface area contributed by atoms with Crippen LogP contribution in [0.2, 0.25) is 0 Å². The summed E-state index contributed by atoms with van der Waals surface area (Å²) in [6.45, 7) is 0.860. The third-order valence-corrected chi connectivity index (χ3v) is 3.57. The predicted molar refractivity (Wildman–Crippen MR) is 78.8 cm³/mol. The first-order chi connectivity index (χ1) is 9.74. The van der Waals surface area contributed by atoms with Crippen molar-refractivity contribution in [1.29, 1.82) is 0 Å². The summed E-state index contributed by atoms with van der Waals surface area (Å²) in [6, 6.07) is 13.5. The van der Waals surface area contributed by atoms with Gasteiger partial charge in [0, 0.05) is 18.4 Å². The molecule has 1 aliphatic heterocycles. The molecule has 0 unspecified atom stereocenters. The van der Waals surface area contributed by atoms with E-state index in [1.807, 2.05) is 42.5 Å². The normalized spacial score (nSPS) is 15.4. The van der Waals surface area contributed by atoms with Gasteiger partial charge in [0.2, 0.25) is 0 Å². The highest BCUT2D eigenvalue weighted by atomic mass is 16.2. The summed E-state index contributed by atoms with van der Waals surface area (Å²) in [6.07, 6.45) is 1.33. The van der Waals surface area contributed by atoms with E-state index in [1.54, 1.807) is 4.90 Å². The third-order valence-electron chi connectivity index (χ3n) is 3.57. The molecule has 1 N–H and O–H groups in total. The fraction of sp³-hybridized carbons (Fsp3) is 0.250. The summed E-state index contributed by atoms with van der Waals surface area (Å²) in [7, 11) is 0. The van der Waals surface area contributed by atoms with Crippen molar-refractivity contribution in [2.45, 2.75) is 12.8 Å². The lowest BCUT2D eigenvalue weighted by atomic mass is 10.1. The Morgan fingerprint density at radius 1 is 1.10 bits per heavy atom. The average Bonchev–Trinajstić information content (AvgIpc) is 2.47. The van der Waals surface area contributed by atoms with Gasteiger partial charge in [0.25, 0.3) is 0 Å². The van der Waals surface area contributed by atoms with Gasteiger partial charge in [-0.1, -0.05) is 36.4 Å². The molecule has 102 valence electrons. The lowest BCUT2D eigenvalue weighted by molar-refractivity contribution is -0.121. The van der Waals surface area contributed by atoms with Crippen LogP contribution in [0.5, 0.6) is 0 Å². The van der Waals surface area contributed by atoms with Crippen LogP contribution in [0.1, 0.15) is 12.8 Å². The van der Waals surface area contributed by atoms with Crippen LogP contribution in [0.15, 0.2) is 42.5 Å². The smallest absolute Gasteiger partial charge is 0.317 e. The predicted octanol–water partition coefficient (Wildman–Crippen LogP) is 3.04. The van der Waals surface area contributed by atoms with Gasteiger partial charge in [-0.15, -0.1) is 0 Å². The molecule has 0 aliphatic carbocycles. The van der Waals surface area contributed by atoms with Crippen molar-refractivity contribution in [2.75, 3.05) is 18.4 Å². The molecule has 0 atom stereocenters. The molecule has 0 bridgehead atoms. The van der Waals surface area contributed by atoms with E-state index in [9.17, 15) is 9.59 Å². The maximum atomic E-state index is 12.2. The van der Waals surface area contributed by atoms with E-state index in [1.165, 1.54) is 0 Å². The summed E-state index contributed by atoms with van der Waals surface area (Å²) in [5.74, 6) is 0.129. The van der Waals surface area contributed by atoms with Gasteiger partial charge in [0.15, 0.2) is 5.78 Å². The maximum Gasteiger partial charge on any atom is 0.322 e. The molecule has 1 fully saturated rings. The average molecular weight is 268 g/mol. The molecule has 2 amide bonds. The Bertz CT molecular complexity index is 661. The summed E-state index contributed by atoms with van der Waals surface area (Å²) >= 11 is 0. The standard InChI is InChI=1S/C16H16N2O2/c19-13-7-4-10-18(11-13)16(20)17-15-9-3-6-12-5-1-2-8-14(12)15/h1-3,5-6,8-9H,4,7,10-11H2,(H,17,20). The molecular formula is C16H16N2O2. The number of piperidine rings is 1. The summed E-state index contributed by atoms with van der Waals surface area (Å²) in [4.78, 5) is 25.2. The zero-order valence-electron chi connectivity index (χ0n) is 11.1. The number of nitrogens with zero attached hydrogens (tertiary/aromatic N) is 1. The van der Waals surface area contributed by atoms with Crippen molar-refractivity contribution < 1.29 is 9.59 Å². The van der Waals surface area contributed by atoms with Crippen LogP contribution in [0.3, 0.4) is 0 Å². The van der Waals surface area contributed by atoms with Crippen LogP contribution in [0.25, 0.3) is 10.8 Å². The lowest BCUT2D eigenvalue weighted by Crippen LogP contribution is -2.42. The lowest BCUT2D eigenvalue weighted by Gasteiger charge is -2.26. The second-order valence-electron chi connectivity index (χ2n) is 5.02. The fourth-order valence-corrected chi connectivity index (χ4v) is 2.54. The van der Waals surface area contributed by atoms with Crippen molar-refractivity contribution >= 4 is 28.3 Å². The second kappa shape index (κ2) is 5.33. The molecule has 1 aliphatic rings. The zero-order valence-corrected chi connectivity index (χ0v) is 11.1. The second-order valence-corrected chi connectivity index (χ2v) is 5.02. The molecular weight excluding hydrogens is 252 g/mol. The molecule has 4 heteroatoms. The Kier molecular flexibility index (Phi) is 3.37. The first kappa shape index (κ1) is 12.7. The van der Waals surface area contributed by atoms with Crippen LogP contribution in [0.4, 0.5) is 10.5 Å². The van der Waals surface area contributed by atoms with Crippen LogP contribution in [0, 0.1) is 0 Å². The number of urea groups is 1. The van der Waals surface area contributed by atoms with Crippen molar-refractivity contribution in [3.63, 3.8) is 0 Å². The van der Waals surface area contributed by atoms with Gasteiger partial charge >= 0.3 is 6.03 Å². The van der Waals surface area contributed by atoms with E-state index < -0.39 is 0 Å². The van der Waals surface area contributed by atoms with E-state index in [2.05, 4.69) is 5.32 Å². The Labute approximate surface area is 117 Å². The number of anilines is 1. The van der Waals surface area contributed by atoms with E-state index in [0.717, 1.165) is 22.9 Å². The van der Waals surface area contributed by atoms with Crippen LogP contribution >= 0.6 is 0 Å². The van der Waals surface area contributed by atoms with Gasteiger partial charge in [0.1, 0.15) is 0 Å². The number of nitrogens with one attached hydrogen (secondary N) is 1. The highest BCUT2D eigenvalue weighted by Crippen LogP contribution is 2.23. The third kappa shape index (κ3) is 2.50. The van der Waals surface area contributed by atoms with Crippen molar-refractivity contribution in [3.8, 4) is 0 Å². The minimum absolute atomic E-state index is 0.129. The molecule has 0 radical (unpaired) electrons. The van der Waals surface area contributed by atoms with Crippen molar-refractivity contribution in [2.24, 2.45) is 0 Å². The molecule has 0 spiro atoms. The summed E-state index contributed by atoms with van der Waals surface area (Å²) in [5, 5.41) is 5.00. The molecule has 20 heavy (non-hydrogen) atoms. The van der Waals surface area contributed by atoms with Gasteiger partial charge in [-0.2, -0.15) is 0 Å². The topological polar surface area (TPSA) is 49.4 Å².